The van der Waals surface area contributed by atoms with E-state index in [0.717, 1.165) is 12.8 Å². The van der Waals surface area contributed by atoms with Crippen molar-refractivity contribution in [3.63, 3.8) is 0 Å². The third kappa shape index (κ3) is 5.37. The first-order valence-corrected chi connectivity index (χ1v) is 11.5. The zero-order valence-corrected chi connectivity index (χ0v) is 19.5. The van der Waals surface area contributed by atoms with Crippen molar-refractivity contribution in [3.05, 3.63) is 35.4 Å². The molecule has 3 N–H and O–H groups in total. The summed E-state index contributed by atoms with van der Waals surface area (Å²) in [4.78, 5) is 20.6. The average molecular weight is 511 g/mol. The second-order valence-electron chi connectivity index (χ2n) is 9.51. The molecule has 3 atom stereocenters. The first-order chi connectivity index (χ1) is 17.0. The van der Waals surface area contributed by atoms with Gasteiger partial charge in [0.15, 0.2) is 5.82 Å². The zero-order valence-electron chi connectivity index (χ0n) is 19.5. The summed E-state index contributed by atoms with van der Waals surface area (Å²) in [6.45, 7) is 2.89. The number of H-pyrrole nitrogens is 1. The monoisotopic (exact) mass is 511 g/mol. The van der Waals surface area contributed by atoms with Crippen molar-refractivity contribution >= 4 is 23.5 Å². The van der Waals surface area contributed by atoms with Gasteiger partial charge in [0, 0.05) is 41.2 Å². The van der Waals surface area contributed by atoms with Gasteiger partial charge < -0.3 is 15.4 Å². The Morgan fingerprint density at radius 1 is 1.28 bits per heavy atom. The Kier molecular flexibility index (Phi) is 6.01. The molecule has 36 heavy (non-hydrogen) atoms. The summed E-state index contributed by atoms with van der Waals surface area (Å²) in [5.74, 6) is 0.0675. The second-order valence-corrected chi connectivity index (χ2v) is 9.51. The second kappa shape index (κ2) is 8.91. The number of hydrogen-bond donors (Lipinski definition) is 3. The van der Waals surface area contributed by atoms with Gasteiger partial charge in [-0.3, -0.25) is 14.2 Å². The van der Waals surface area contributed by atoms with Crippen LogP contribution in [0.25, 0.3) is 5.65 Å². The van der Waals surface area contributed by atoms with Crippen molar-refractivity contribution in [2.45, 2.75) is 76.2 Å². The number of nitrogens with one attached hydrogen (secondary N) is 3. The van der Waals surface area contributed by atoms with Crippen LogP contribution >= 0.6 is 0 Å². The highest BCUT2D eigenvalue weighted by molar-refractivity contribution is 5.69. The van der Waals surface area contributed by atoms with Gasteiger partial charge in [0.1, 0.15) is 17.9 Å². The topological polar surface area (TPSA) is 118 Å². The molecule has 2 fully saturated rings. The van der Waals surface area contributed by atoms with Crippen LogP contribution in [0, 0.1) is 6.92 Å². The van der Waals surface area contributed by atoms with Gasteiger partial charge in [-0.05, 0) is 39.5 Å². The lowest BCUT2D eigenvalue weighted by Crippen LogP contribution is -2.38. The molecule has 2 aliphatic carbocycles. The predicted molar refractivity (Wildman–Crippen MR) is 118 cm³/mol. The molecule has 2 aliphatic rings. The summed E-state index contributed by atoms with van der Waals surface area (Å²) in [6.07, 6.45) is -3.63. The fourth-order valence-corrected chi connectivity index (χ4v) is 4.27. The van der Waals surface area contributed by atoms with Gasteiger partial charge in [-0.25, -0.2) is 19.2 Å². The normalized spacial score (nSPS) is 23.1. The predicted octanol–water partition coefficient (Wildman–Crippen LogP) is 4.40. The summed E-state index contributed by atoms with van der Waals surface area (Å²) in [5, 5.41) is 12.8. The van der Waals surface area contributed by atoms with Crippen LogP contribution in [-0.4, -0.2) is 54.8 Å². The van der Waals surface area contributed by atoms with Crippen molar-refractivity contribution in [2.75, 3.05) is 5.32 Å². The van der Waals surface area contributed by atoms with Crippen molar-refractivity contribution in [1.82, 2.24) is 29.9 Å². The molecule has 5 rings (SSSR count). The molecule has 0 bridgehead atoms. The number of rotatable bonds is 7. The van der Waals surface area contributed by atoms with Gasteiger partial charge in [0.25, 0.3) is 0 Å². The first kappa shape index (κ1) is 24.3. The van der Waals surface area contributed by atoms with E-state index < -0.39 is 37.3 Å². The lowest BCUT2D eigenvalue weighted by molar-refractivity contribution is -0.330. The van der Waals surface area contributed by atoms with Gasteiger partial charge in [0.2, 0.25) is 5.95 Å². The van der Waals surface area contributed by atoms with Crippen LogP contribution in [0.4, 0.5) is 34.1 Å². The highest BCUT2D eigenvalue weighted by Crippen LogP contribution is 2.39. The van der Waals surface area contributed by atoms with Crippen LogP contribution in [-0.2, 0) is 16.1 Å². The van der Waals surface area contributed by atoms with E-state index >= 15 is 4.39 Å². The standard InChI is InChI=1S/C22H25F4N7O3/c1-11-7-17-28-12(10-35-22(24,25)26)9-33(17)19(27-11)29-16-8-14(31-32-16)13-3-4-15(18(13)23)36-20(34)30-21(2)5-6-21/h7-9,13,15,18H,3-6,10H2,1-2H3,(H,30,34)(H2,27,29,31,32)/t13-,15-,18+/m0/s1. The van der Waals surface area contributed by atoms with Crippen LogP contribution in [0.1, 0.15) is 55.6 Å². The van der Waals surface area contributed by atoms with Crippen LogP contribution in [0.5, 0.6) is 0 Å². The van der Waals surface area contributed by atoms with E-state index in [1.54, 1.807) is 19.1 Å². The lowest BCUT2D eigenvalue weighted by atomic mass is 10.0. The molecule has 3 heterocycles. The Balaban J connectivity index is 1.26. The van der Waals surface area contributed by atoms with E-state index in [1.165, 1.54) is 10.6 Å². The largest absolute Gasteiger partial charge is 0.522 e. The van der Waals surface area contributed by atoms with Crippen LogP contribution in [0.2, 0.25) is 0 Å². The summed E-state index contributed by atoms with van der Waals surface area (Å²) >= 11 is 0. The molecule has 0 aliphatic heterocycles. The van der Waals surface area contributed by atoms with E-state index in [1.807, 2.05) is 6.92 Å². The number of alkyl halides is 4. The smallest absolute Gasteiger partial charge is 0.443 e. The number of aromatic nitrogens is 5. The number of halogens is 4. The minimum Gasteiger partial charge on any atom is -0.443 e. The molecule has 10 nitrogen and oxygen atoms in total. The quantitative estimate of drug-likeness (QED) is 0.402. The third-order valence-electron chi connectivity index (χ3n) is 6.42. The van der Waals surface area contributed by atoms with Crippen LogP contribution < -0.4 is 10.6 Å². The molecule has 14 heteroatoms. The highest BCUT2D eigenvalue weighted by Gasteiger charge is 2.43. The summed E-state index contributed by atoms with van der Waals surface area (Å²) < 4.78 is 63.0. The van der Waals surface area contributed by atoms with Crippen molar-refractivity contribution in [1.29, 1.82) is 0 Å². The van der Waals surface area contributed by atoms with Crippen molar-refractivity contribution in [2.24, 2.45) is 0 Å². The summed E-state index contributed by atoms with van der Waals surface area (Å²) in [6, 6.07) is 3.25. The maximum Gasteiger partial charge on any atom is 0.522 e. The summed E-state index contributed by atoms with van der Waals surface area (Å²) in [5.41, 5.74) is 1.30. The molecule has 3 aromatic heterocycles. The minimum atomic E-state index is -4.77. The van der Waals surface area contributed by atoms with Gasteiger partial charge in [-0.15, -0.1) is 13.2 Å². The van der Waals surface area contributed by atoms with Crippen LogP contribution in [0.3, 0.4) is 0 Å². The lowest BCUT2D eigenvalue weighted by Gasteiger charge is -2.19. The zero-order chi connectivity index (χ0) is 25.7. The van der Waals surface area contributed by atoms with E-state index in [-0.39, 0.29) is 17.2 Å². The molecule has 0 radical (unpaired) electrons. The number of anilines is 2. The Hall–Kier alpha value is -3.42. The van der Waals surface area contributed by atoms with Crippen molar-refractivity contribution < 1.29 is 31.8 Å². The fourth-order valence-electron chi connectivity index (χ4n) is 4.27. The number of ether oxygens (including phenoxy) is 2. The Bertz CT molecular complexity index is 1270. The van der Waals surface area contributed by atoms with Gasteiger partial charge in [0.05, 0.1) is 12.3 Å². The Labute approximate surface area is 202 Å². The number of carbonyl (C=O) groups excluding carboxylic acids is 1. The van der Waals surface area contributed by atoms with E-state index in [2.05, 4.69) is 35.5 Å². The summed E-state index contributed by atoms with van der Waals surface area (Å²) in [7, 11) is 0. The molecule has 0 unspecified atom stereocenters. The Morgan fingerprint density at radius 3 is 2.78 bits per heavy atom. The Morgan fingerprint density at radius 2 is 2.06 bits per heavy atom. The number of aromatic amines is 1. The number of fused-ring (bicyclic) bond motifs is 1. The molecule has 1 amide bonds. The molecule has 3 aromatic rings. The number of carbonyl (C=O) groups is 1. The third-order valence-corrected chi connectivity index (χ3v) is 6.42. The van der Waals surface area contributed by atoms with E-state index in [4.69, 9.17) is 4.74 Å². The molecule has 0 aromatic carbocycles. The number of alkyl carbamates (subject to hydrolysis) is 1. The molecule has 194 valence electrons. The molecular formula is C22H25F4N7O3. The number of nitrogens with zero attached hydrogens (tertiary/aromatic N) is 4. The number of imidazole rings is 1. The van der Waals surface area contributed by atoms with Gasteiger partial charge in [-0.2, -0.15) is 5.10 Å². The number of hydrogen-bond acceptors (Lipinski definition) is 7. The van der Waals surface area contributed by atoms with E-state index in [0.29, 0.717) is 35.7 Å². The number of aryl methyl sites for hydroxylation is 1. The molecule has 0 spiro atoms. The first-order valence-electron chi connectivity index (χ1n) is 11.5. The molecule has 0 saturated heterocycles. The van der Waals surface area contributed by atoms with Crippen LogP contribution in [0.15, 0.2) is 18.3 Å². The molecule has 2 saturated carbocycles. The minimum absolute atomic E-state index is 0.0717. The van der Waals surface area contributed by atoms with E-state index in [9.17, 15) is 18.0 Å². The SMILES string of the molecule is Cc1cc2nc(COC(F)(F)F)cn2c(Nc2cc([C@@H]3CC[C@H](OC(=O)NC4(C)CC4)[C@@H]3F)[nH]n2)n1. The highest BCUT2D eigenvalue weighted by atomic mass is 19.4. The molecular weight excluding hydrogens is 486 g/mol. The van der Waals surface area contributed by atoms with Gasteiger partial charge in [-0.1, -0.05) is 0 Å². The average Bonchev–Trinajstić information content (AvgIpc) is 3.12. The maximum absolute atomic E-state index is 15.1. The number of amides is 1. The van der Waals surface area contributed by atoms with Gasteiger partial charge >= 0.3 is 12.5 Å². The maximum atomic E-state index is 15.1. The fraction of sp³-hybridized carbons (Fsp3) is 0.545. The van der Waals surface area contributed by atoms with Crippen molar-refractivity contribution in [3.8, 4) is 0 Å².